The Morgan fingerprint density at radius 3 is 2.42 bits per heavy atom. The standard InChI is InChI=1S/C18H20N2O4S2/c1-10-11(2)19-24-17(10)16-12(3)25-13(4)18(16)26(21,22)20-14-8-6-7-9-15(14)23-5/h6-9,20H,1-5H3. The molecule has 0 aliphatic carbocycles. The Morgan fingerprint density at radius 2 is 1.81 bits per heavy atom. The van der Waals surface area contributed by atoms with E-state index in [9.17, 15) is 8.42 Å². The van der Waals surface area contributed by atoms with Crippen molar-refractivity contribution in [1.82, 2.24) is 5.16 Å². The SMILES string of the molecule is COc1ccccc1NS(=O)(=O)c1c(C)sc(C)c1-c1onc(C)c1C. The van der Waals surface area contributed by atoms with E-state index in [1.54, 1.807) is 31.2 Å². The molecule has 2 aromatic heterocycles. The molecule has 0 aliphatic heterocycles. The quantitative estimate of drug-likeness (QED) is 0.694. The summed E-state index contributed by atoms with van der Waals surface area (Å²) in [6.45, 7) is 7.37. The smallest absolute Gasteiger partial charge is 0.263 e. The molecule has 0 saturated heterocycles. The maximum absolute atomic E-state index is 13.2. The summed E-state index contributed by atoms with van der Waals surface area (Å²) < 4.78 is 39.7. The number of hydrogen-bond donors (Lipinski definition) is 1. The van der Waals surface area contributed by atoms with E-state index in [-0.39, 0.29) is 4.90 Å². The topological polar surface area (TPSA) is 81.4 Å². The van der Waals surface area contributed by atoms with Gasteiger partial charge in [-0.25, -0.2) is 8.42 Å². The normalized spacial score (nSPS) is 11.6. The third-order valence-electron chi connectivity index (χ3n) is 4.21. The van der Waals surface area contributed by atoms with Crippen LogP contribution in [-0.2, 0) is 10.0 Å². The number of ether oxygens (including phenoxy) is 1. The van der Waals surface area contributed by atoms with Crippen LogP contribution in [0.25, 0.3) is 11.3 Å². The largest absolute Gasteiger partial charge is 0.495 e. The Bertz CT molecular complexity index is 1070. The molecule has 138 valence electrons. The van der Waals surface area contributed by atoms with Crippen LogP contribution in [0.2, 0.25) is 0 Å². The molecule has 0 fully saturated rings. The van der Waals surface area contributed by atoms with Crippen molar-refractivity contribution in [2.75, 3.05) is 11.8 Å². The number of sulfonamides is 1. The summed E-state index contributed by atoms with van der Waals surface area (Å²) in [5, 5.41) is 3.97. The molecule has 1 N–H and O–H groups in total. The Labute approximate surface area is 156 Å². The minimum Gasteiger partial charge on any atom is -0.495 e. The van der Waals surface area contributed by atoms with E-state index in [1.165, 1.54) is 18.4 Å². The monoisotopic (exact) mass is 392 g/mol. The van der Waals surface area contributed by atoms with Gasteiger partial charge in [0.2, 0.25) is 0 Å². The van der Waals surface area contributed by atoms with Crippen LogP contribution < -0.4 is 9.46 Å². The number of benzene rings is 1. The van der Waals surface area contributed by atoms with E-state index in [2.05, 4.69) is 9.88 Å². The van der Waals surface area contributed by atoms with Crippen LogP contribution in [0.4, 0.5) is 5.69 Å². The Hall–Kier alpha value is -2.32. The number of nitrogens with zero attached hydrogens (tertiary/aromatic N) is 1. The number of methoxy groups -OCH3 is 1. The lowest BCUT2D eigenvalue weighted by molar-refractivity contribution is 0.417. The highest BCUT2D eigenvalue weighted by atomic mass is 32.2. The Kier molecular flexibility index (Phi) is 4.81. The molecule has 26 heavy (non-hydrogen) atoms. The van der Waals surface area contributed by atoms with Crippen molar-refractivity contribution in [2.24, 2.45) is 0 Å². The van der Waals surface area contributed by atoms with Crippen molar-refractivity contribution < 1.29 is 17.7 Å². The second-order valence-corrected chi connectivity index (χ2v) is 8.99. The number of para-hydroxylation sites is 2. The van der Waals surface area contributed by atoms with Gasteiger partial charge in [-0.3, -0.25) is 4.72 Å². The molecule has 0 aliphatic rings. The first kappa shape index (κ1) is 18.5. The van der Waals surface area contributed by atoms with Crippen molar-refractivity contribution in [3.63, 3.8) is 0 Å². The highest BCUT2D eigenvalue weighted by Crippen LogP contribution is 2.41. The summed E-state index contributed by atoms with van der Waals surface area (Å²) in [7, 11) is -2.35. The summed E-state index contributed by atoms with van der Waals surface area (Å²) in [6.07, 6.45) is 0. The fourth-order valence-corrected chi connectivity index (χ4v) is 5.75. The number of anilines is 1. The number of aryl methyl sites for hydroxylation is 3. The molecule has 0 radical (unpaired) electrons. The lowest BCUT2D eigenvalue weighted by Gasteiger charge is -2.13. The van der Waals surface area contributed by atoms with E-state index >= 15 is 0 Å². The van der Waals surface area contributed by atoms with Gasteiger partial charge >= 0.3 is 0 Å². The van der Waals surface area contributed by atoms with E-state index in [1.807, 2.05) is 20.8 Å². The molecule has 0 bridgehead atoms. The van der Waals surface area contributed by atoms with Gasteiger partial charge in [0.25, 0.3) is 10.0 Å². The van der Waals surface area contributed by atoms with Crippen LogP contribution in [0.3, 0.4) is 0 Å². The van der Waals surface area contributed by atoms with Crippen LogP contribution in [0.5, 0.6) is 5.75 Å². The number of aromatic nitrogens is 1. The molecule has 6 nitrogen and oxygen atoms in total. The average Bonchev–Trinajstić information content (AvgIpc) is 3.07. The van der Waals surface area contributed by atoms with Gasteiger partial charge in [-0.1, -0.05) is 17.3 Å². The van der Waals surface area contributed by atoms with Crippen molar-refractivity contribution in [3.05, 3.63) is 45.3 Å². The zero-order valence-corrected chi connectivity index (χ0v) is 16.8. The molecule has 0 spiro atoms. The fraction of sp³-hybridized carbons (Fsp3) is 0.278. The fourth-order valence-electron chi connectivity index (χ4n) is 2.82. The summed E-state index contributed by atoms with van der Waals surface area (Å²) in [5.41, 5.74) is 2.52. The maximum atomic E-state index is 13.2. The number of rotatable bonds is 5. The summed E-state index contributed by atoms with van der Waals surface area (Å²) >= 11 is 1.42. The Balaban J connectivity index is 2.16. The van der Waals surface area contributed by atoms with Crippen LogP contribution in [-0.4, -0.2) is 20.7 Å². The van der Waals surface area contributed by atoms with Gasteiger partial charge in [0, 0.05) is 15.3 Å². The second-order valence-electron chi connectivity index (χ2n) is 5.95. The first-order chi connectivity index (χ1) is 12.3. The maximum Gasteiger partial charge on any atom is 0.263 e. The first-order valence-electron chi connectivity index (χ1n) is 7.95. The summed E-state index contributed by atoms with van der Waals surface area (Å²) in [4.78, 5) is 1.76. The molecule has 0 amide bonds. The number of hydrogen-bond acceptors (Lipinski definition) is 6. The zero-order chi connectivity index (χ0) is 19.1. The lowest BCUT2D eigenvalue weighted by atomic mass is 10.1. The van der Waals surface area contributed by atoms with Gasteiger partial charge < -0.3 is 9.26 Å². The van der Waals surface area contributed by atoms with Gasteiger partial charge in [-0.2, -0.15) is 0 Å². The van der Waals surface area contributed by atoms with Gasteiger partial charge in [0.1, 0.15) is 10.6 Å². The molecule has 0 atom stereocenters. The van der Waals surface area contributed by atoms with E-state index in [0.717, 1.165) is 16.1 Å². The predicted molar refractivity (Wildman–Crippen MR) is 103 cm³/mol. The van der Waals surface area contributed by atoms with Crippen molar-refractivity contribution in [3.8, 4) is 17.1 Å². The van der Waals surface area contributed by atoms with E-state index in [0.29, 0.717) is 27.6 Å². The molecule has 0 unspecified atom stereocenters. The van der Waals surface area contributed by atoms with Crippen LogP contribution in [0, 0.1) is 27.7 Å². The molecule has 3 rings (SSSR count). The summed E-state index contributed by atoms with van der Waals surface area (Å²) in [6, 6.07) is 6.89. The van der Waals surface area contributed by atoms with Gasteiger partial charge in [-0.05, 0) is 39.8 Å². The molecule has 1 aromatic carbocycles. The molecule has 2 heterocycles. The highest BCUT2D eigenvalue weighted by Gasteiger charge is 2.30. The van der Waals surface area contributed by atoms with Gasteiger partial charge in [0.05, 0.1) is 24.1 Å². The van der Waals surface area contributed by atoms with Crippen molar-refractivity contribution in [1.29, 1.82) is 0 Å². The van der Waals surface area contributed by atoms with Crippen LogP contribution in [0.15, 0.2) is 33.7 Å². The van der Waals surface area contributed by atoms with Gasteiger partial charge in [-0.15, -0.1) is 11.3 Å². The molecule has 0 saturated carbocycles. The molecular weight excluding hydrogens is 372 g/mol. The van der Waals surface area contributed by atoms with Crippen LogP contribution >= 0.6 is 11.3 Å². The molecular formula is C18H20N2O4S2. The second kappa shape index (κ2) is 6.77. The van der Waals surface area contributed by atoms with Crippen LogP contribution in [0.1, 0.15) is 21.0 Å². The third-order valence-corrected chi connectivity index (χ3v) is 6.90. The lowest BCUT2D eigenvalue weighted by Crippen LogP contribution is -2.15. The summed E-state index contributed by atoms with van der Waals surface area (Å²) in [5.74, 6) is 0.943. The minimum absolute atomic E-state index is 0.213. The predicted octanol–water partition coefficient (Wildman–Crippen LogP) is 4.45. The number of thiophene rings is 1. The minimum atomic E-state index is -3.85. The van der Waals surface area contributed by atoms with E-state index in [4.69, 9.17) is 9.26 Å². The van der Waals surface area contributed by atoms with Gasteiger partial charge in [0.15, 0.2) is 5.76 Å². The average molecular weight is 393 g/mol. The molecule has 8 heteroatoms. The number of nitrogens with one attached hydrogen (secondary N) is 1. The van der Waals surface area contributed by atoms with Crippen molar-refractivity contribution in [2.45, 2.75) is 32.6 Å². The third kappa shape index (κ3) is 3.10. The first-order valence-corrected chi connectivity index (χ1v) is 10.2. The zero-order valence-electron chi connectivity index (χ0n) is 15.2. The van der Waals surface area contributed by atoms with Crippen molar-refractivity contribution >= 4 is 27.0 Å². The highest BCUT2D eigenvalue weighted by molar-refractivity contribution is 7.93. The Morgan fingerprint density at radius 1 is 1.12 bits per heavy atom. The molecule has 3 aromatic rings. The van der Waals surface area contributed by atoms with E-state index < -0.39 is 10.0 Å².